The Morgan fingerprint density at radius 1 is 0.970 bits per heavy atom. The summed E-state index contributed by atoms with van der Waals surface area (Å²) in [5.74, 6) is 2.15. The normalized spacial score (nSPS) is 28.0. The summed E-state index contributed by atoms with van der Waals surface area (Å²) in [6.07, 6.45) is 8.10. The van der Waals surface area contributed by atoms with Crippen molar-refractivity contribution in [1.29, 1.82) is 0 Å². The minimum Gasteiger partial charge on any atom is -0.484 e. The first-order chi connectivity index (χ1) is 15.7. The molecule has 4 aliphatic rings. The Hall–Kier alpha value is -2.41. The van der Waals surface area contributed by atoms with Crippen LogP contribution in [0.2, 0.25) is 0 Å². The minimum atomic E-state index is -3.29. The first kappa shape index (κ1) is 22.4. The predicted molar refractivity (Wildman–Crippen MR) is 123 cm³/mol. The lowest BCUT2D eigenvalue weighted by Crippen LogP contribution is -2.61. The van der Waals surface area contributed by atoms with Gasteiger partial charge in [0, 0.05) is 18.3 Å². The van der Waals surface area contributed by atoms with Gasteiger partial charge < -0.3 is 9.64 Å². The topological polar surface area (TPSA) is 63.7 Å². The molecular formula is C26H30FNO4S. The second-order valence-corrected chi connectivity index (χ2v) is 12.3. The Bertz CT molecular complexity index is 1090. The molecule has 6 rings (SSSR count). The summed E-state index contributed by atoms with van der Waals surface area (Å²) in [6.45, 7) is 0.336. The zero-order valence-corrected chi connectivity index (χ0v) is 19.7. The van der Waals surface area contributed by atoms with Gasteiger partial charge in [-0.1, -0.05) is 12.1 Å². The molecule has 1 amide bonds. The number of nitrogens with zero attached hydrogens (tertiary/aromatic N) is 1. The summed E-state index contributed by atoms with van der Waals surface area (Å²) in [7, 11) is -3.29. The molecule has 0 atom stereocenters. The van der Waals surface area contributed by atoms with E-state index in [4.69, 9.17) is 4.74 Å². The van der Waals surface area contributed by atoms with Crippen molar-refractivity contribution in [3.05, 3.63) is 59.9 Å². The molecule has 0 unspecified atom stereocenters. The number of benzene rings is 2. The van der Waals surface area contributed by atoms with Gasteiger partial charge >= 0.3 is 0 Å². The van der Waals surface area contributed by atoms with Gasteiger partial charge in [-0.25, -0.2) is 12.8 Å². The smallest absolute Gasteiger partial charge is 0.261 e. The van der Waals surface area contributed by atoms with Crippen LogP contribution in [-0.4, -0.2) is 37.6 Å². The Balaban J connectivity index is 1.36. The van der Waals surface area contributed by atoms with Gasteiger partial charge in [0.25, 0.3) is 5.91 Å². The molecule has 0 aliphatic heterocycles. The van der Waals surface area contributed by atoms with Gasteiger partial charge in [-0.3, -0.25) is 4.79 Å². The molecule has 4 fully saturated rings. The molecule has 0 aromatic heterocycles. The molecule has 4 bridgehead atoms. The number of amides is 1. The minimum absolute atomic E-state index is 0.0755. The average molecular weight is 472 g/mol. The van der Waals surface area contributed by atoms with Crippen LogP contribution in [0.15, 0.2) is 53.4 Å². The monoisotopic (exact) mass is 471 g/mol. The van der Waals surface area contributed by atoms with Crippen molar-refractivity contribution in [3.8, 4) is 5.75 Å². The van der Waals surface area contributed by atoms with Crippen LogP contribution in [0.1, 0.15) is 44.1 Å². The lowest BCUT2D eigenvalue weighted by atomic mass is 9.52. The van der Waals surface area contributed by atoms with Crippen LogP contribution in [0.5, 0.6) is 5.75 Å². The Morgan fingerprint density at radius 2 is 1.52 bits per heavy atom. The van der Waals surface area contributed by atoms with Crippen molar-refractivity contribution in [1.82, 2.24) is 4.90 Å². The van der Waals surface area contributed by atoms with E-state index in [-0.39, 0.29) is 28.8 Å². The van der Waals surface area contributed by atoms with Crippen LogP contribution in [-0.2, 0) is 21.2 Å². The number of halogens is 1. The molecule has 0 N–H and O–H groups in total. The van der Waals surface area contributed by atoms with Crippen LogP contribution in [0, 0.1) is 23.6 Å². The van der Waals surface area contributed by atoms with Crippen LogP contribution in [0.25, 0.3) is 0 Å². The summed E-state index contributed by atoms with van der Waals surface area (Å²) in [5, 5.41) is 0. The standard InChI is InChI=1S/C26H30FNO4S/c1-33(30,31)24-8-6-23(7-9-24)32-17-25(29)28(16-18-2-4-22(27)5-3-18)26-13-19-10-20(14-26)12-21(11-19)15-26/h2-9,19-21H,10-17H2,1H3. The van der Waals surface area contributed by atoms with Crippen molar-refractivity contribution in [2.45, 2.75) is 55.5 Å². The molecule has 4 aliphatic carbocycles. The molecule has 0 radical (unpaired) electrons. The second-order valence-electron chi connectivity index (χ2n) is 10.3. The number of carbonyl (C=O) groups is 1. The van der Waals surface area contributed by atoms with E-state index in [1.807, 2.05) is 4.90 Å². The molecule has 176 valence electrons. The highest BCUT2D eigenvalue weighted by atomic mass is 32.2. The number of carbonyl (C=O) groups excluding carboxylic acids is 1. The predicted octanol–water partition coefficient (Wildman–Crippen LogP) is 4.61. The average Bonchev–Trinajstić information content (AvgIpc) is 2.76. The highest BCUT2D eigenvalue weighted by molar-refractivity contribution is 7.90. The van der Waals surface area contributed by atoms with Crippen LogP contribution in [0.4, 0.5) is 4.39 Å². The maximum atomic E-state index is 13.6. The highest BCUT2D eigenvalue weighted by Gasteiger charge is 2.54. The van der Waals surface area contributed by atoms with E-state index >= 15 is 0 Å². The van der Waals surface area contributed by atoms with E-state index in [2.05, 4.69) is 0 Å². The molecule has 33 heavy (non-hydrogen) atoms. The Kier molecular flexibility index (Phi) is 5.71. The molecule has 4 saturated carbocycles. The molecule has 5 nitrogen and oxygen atoms in total. The fourth-order valence-corrected chi connectivity index (χ4v) is 7.32. The van der Waals surface area contributed by atoms with Crippen LogP contribution < -0.4 is 4.74 Å². The van der Waals surface area contributed by atoms with Gasteiger partial charge in [-0.05, 0) is 98.2 Å². The number of hydrogen-bond acceptors (Lipinski definition) is 4. The zero-order valence-electron chi connectivity index (χ0n) is 18.9. The lowest BCUT2D eigenvalue weighted by molar-refractivity contribution is -0.154. The van der Waals surface area contributed by atoms with Gasteiger partial charge in [0.05, 0.1) is 4.90 Å². The van der Waals surface area contributed by atoms with E-state index in [0.29, 0.717) is 30.0 Å². The maximum absolute atomic E-state index is 13.6. The van der Waals surface area contributed by atoms with Crippen molar-refractivity contribution < 1.29 is 22.3 Å². The summed E-state index contributed by atoms with van der Waals surface area (Å²) < 4.78 is 42.6. The van der Waals surface area contributed by atoms with Gasteiger partial charge in [0.2, 0.25) is 0 Å². The van der Waals surface area contributed by atoms with Crippen molar-refractivity contribution in [2.24, 2.45) is 17.8 Å². The quantitative estimate of drug-likeness (QED) is 0.592. The molecule has 2 aromatic rings. The lowest BCUT2D eigenvalue weighted by Gasteiger charge is -2.60. The summed E-state index contributed by atoms with van der Waals surface area (Å²) in [6, 6.07) is 12.5. The highest BCUT2D eigenvalue weighted by Crippen LogP contribution is 2.58. The largest absolute Gasteiger partial charge is 0.484 e. The molecule has 0 heterocycles. The zero-order chi connectivity index (χ0) is 23.2. The van der Waals surface area contributed by atoms with E-state index in [1.165, 1.54) is 43.5 Å². The number of rotatable bonds is 7. The number of ether oxygens (including phenoxy) is 1. The van der Waals surface area contributed by atoms with Crippen LogP contribution >= 0.6 is 0 Å². The van der Waals surface area contributed by atoms with Gasteiger partial charge in [0.1, 0.15) is 11.6 Å². The Morgan fingerprint density at radius 3 is 2.03 bits per heavy atom. The third kappa shape index (κ3) is 4.65. The molecular weight excluding hydrogens is 441 g/mol. The van der Waals surface area contributed by atoms with Crippen molar-refractivity contribution >= 4 is 15.7 Å². The molecule has 0 saturated heterocycles. The third-order valence-corrected chi connectivity index (χ3v) is 8.88. The van der Waals surface area contributed by atoms with E-state index < -0.39 is 9.84 Å². The summed E-state index contributed by atoms with van der Waals surface area (Å²) in [5.41, 5.74) is 0.766. The van der Waals surface area contributed by atoms with Crippen molar-refractivity contribution in [2.75, 3.05) is 12.9 Å². The van der Waals surface area contributed by atoms with Gasteiger partial charge in [0.15, 0.2) is 16.4 Å². The summed E-state index contributed by atoms with van der Waals surface area (Å²) >= 11 is 0. The fourth-order valence-electron chi connectivity index (χ4n) is 6.69. The van der Waals surface area contributed by atoms with Gasteiger partial charge in [-0.2, -0.15) is 0 Å². The van der Waals surface area contributed by atoms with E-state index in [9.17, 15) is 17.6 Å². The second kappa shape index (κ2) is 8.42. The number of hydrogen-bond donors (Lipinski definition) is 0. The van der Waals surface area contributed by atoms with Gasteiger partial charge in [-0.15, -0.1) is 0 Å². The first-order valence-corrected chi connectivity index (χ1v) is 13.6. The van der Waals surface area contributed by atoms with E-state index in [0.717, 1.165) is 31.1 Å². The van der Waals surface area contributed by atoms with Crippen LogP contribution in [0.3, 0.4) is 0 Å². The Labute approximate surface area is 194 Å². The maximum Gasteiger partial charge on any atom is 0.261 e. The first-order valence-electron chi connectivity index (χ1n) is 11.7. The third-order valence-electron chi connectivity index (χ3n) is 7.75. The molecule has 7 heteroatoms. The fraction of sp³-hybridized carbons (Fsp3) is 0.500. The number of sulfone groups is 1. The molecule has 2 aromatic carbocycles. The van der Waals surface area contributed by atoms with E-state index in [1.54, 1.807) is 24.3 Å². The summed E-state index contributed by atoms with van der Waals surface area (Å²) in [4.78, 5) is 15.8. The SMILES string of the molecule is CS(=O)(=O)c1ccc(OCC(=O)N(Cc2ccc(F)cc2)C23CC4CC(CC(C4)C2)C3)cc1. The van der Waals surface area contributed by atoms with Crippen molar-refractivity contribution in [3.63, 3.8) is 0 Å². The molecule has 0 spiro atoms.